The molecule has 21 heavy (non-hydrogen) atoms. The third kappa shape index (κ3) is 3.74. The van der Waals surface area contributed by atoms with Crippen LogP contribution in [0.5, 0.6) is 0 Å². The van der Waals surface area contributed by atoms with E-state index < -0.39 is 15.4 Å². The molecule has 0 spiro atoms. The van der Waals surface area contributed by atoms with Gasteiger partial charge in [-0.15, -0.1) is 0 Å². The number of rotatable bonds is 5. The van der Waals surface area contributed by atoms with Gasteiger partial charge in [0, 0.05) is 13.6 Å². The normalized spacial score (nSPS) is 12.2. The van der Waals surface area contributed by atoms with E-state index in [0.717, 1.165) is 0 Å². The van der Waals surface area contributed by atoms with E-state index in [0.29, 0.717) is 11.1 Å². The number of benzene rings is 1. The van der Waals surface area contributed by atoms with Gasteiger partial charge in [0.05, 0.1) is 11.1 Å². The Morgan fingerprint density at radius 1 is 1.24 bits per heavy atom. The number of aryl methyl sites for hydroxylation is 2. The van der Waals surface area contributed by atoms with E-state index in [2.05, 4.69) is 10.0 Å². The third-order valence-corrected chi connectivity index (χ3v) is 5.03. The van der Waals surface area contributed by atoms with Crippen LogP contribution in [0.15, 0.2) is 17.0 Å². The van der Waals surface area contributed by atoms with Gasteiger partial charge in [-0.2, -0.15) is 0 Å². The molecule has 0 aliphatic heterocycles. The minimum Gasteiger partial charge on any atom is -0.397 e. The molecule has 4 N–H and O–H groups in total. The average Bonchev–Trinajstić information content (AvgIpc) is 2.40. The second-order valence-corrected chi connectivity index (χ2v) is 7.43. The van der Waals surface area contributed by atoms with Crippen LogP contribution in [0, 0.1) is 19.3 Å². The zero-order valence-corrected chi connectivity index (χ0v) is 13.9. The zero-order chi connectivity index (χ0) is 16.4. The molecule has 0 heterocycles. The number of amides is 1. The van der Waals surface area contributed by atoms with Gasteiger partial charge in [-0.25, -0.2) is 13.1 Å². The van der Waals surface area contributed by atoms with Gasteiger partial charge in [0.25, 0.3) is 0 Å². The lowest BCUT2D eigenvalue weighted by Gasteiger charge is -2.23. The summed E-state index contributed by atoms with van der Waals surface area (Å²) in [7, 11) is -2.26. The SMILES string of the molecule is CNC(=O)C(C)(C)CNS(=O)(=O)c1c(C)ccc(C)c1N. The Bertz CT molecular complexity index is 652. The molecule has 0 fully saturated rings. The smallest absolute Gasteiger partial charge is 0.242 e. The van der Waals surface area contributed by atoms with Crippen LogP contribution in [0.25, 0.3) is 0 Å². The molecule has 0 aromatic heterocycles. The highest BCUT2D eigenvalue weighted by atomic mass is 32.2. The van der Waals surface area contributed by atoms with E-state index in [1.165, 1.54) is 7.05 Å². The van der Waals surface area contributed by atoms with E-state index in [9.17, 15) is 13.2 Å². The van der Waals surface area contributed by atoms with Crippen molar-refractivity contribution < 1.29 is 13.2 Å². The summed E-state index contributed by atoms with van der Waals surface area (Å²) in [6, 6.07) is 3.49. The lowest BCUT2D eigenvalue weighted by molar-refractivity contribution is -0.128. The van der Waals surface area contributed by atoms with Crippen molar-refractivity contribution in [1.82, 2.24) is 10.0 Å². The molecule has 118 valence electrons. The monoisotopic (exact) mass is 313 g/mol. The van der Waals surface area contributed by atoms with Crippen molar-refractivity contribution in [1.29, 1.82) is 0 Å². The Morgan fingerprint density at radius 2 is 1.76 bits per heavy atom. The molecule has 0 saturated heterocycles. The number of nitrogens with one attached hydrogen (secondary N) is 2. The van der Waals surface area contributed by atoms with Gasteiger partial charge >= 0.3 is 0 Å². The second-order valence-electron chi connectivity index (χ2n) is 5.73. The predicted molar refractivity (Wildman–Crippen MR) is 83.4 cm³/mol. The summed E-state index contributed by atoms with van der Waals surface area (Å²) in [5.41, 5.74) is 6.55. The number of hydrogen-bond acceptors (Lipinski definition) is 4. The van der Waals surface area contributed by atoms with Gasteiger partial charge in [0.2, 0.25) is 15.9 Å². The van der Waals surface area contributed by atoms with Crippen molar-refractivity contribution in [3.63, 3.8) is 0 Å². The number of nitrogens with two attached hydrogens (primary N) is 1. The number of carbonyl (C=O) groups is 1. The summed E-state index contributed by atoms with van der Waals surface area (Å²) in [6.45, 7) is 6.76. The van der Waals surface area contributed by atoms with Crippen molar-refractivity contribution in [2.45, 2.75) is 32.6 Å². The quantitative estimate of drug-likeness (QED) is 0.704. The summed E-state index contributed by atoms with van der Waals surface area (Å²) < 4.78 is 27.4. The van der Waals surface area contributed by atoms with Crippen LogP contribution in [-0.4, -0.2) is 27.9 Å². The highest BCUT2D eigenvalue weighted by Gasteiger charge is 2.30. The highest BCUT2D eigenvalue weighted by molar-refractivity contribution is 7.89. The van der Waals surface area contributed by atoms with Gasteiger partial charge in [0.15, 0.2) is 0 Å². The van der Waals surface area contributed by atoms with Crippen molar-refractivity contribution in [2.24, 2.45) is 5.41 Å². The van der Waals surface area contributed by atoms with Crippen LogP contribution >= 0.6 is 0 Å². The molecule has 0 unspecified atom stereocenters. The fourth-order valence-corrected chi connectivity index (χ4v) is 3.57. The summed E-state index contributed by atoms with van der Waals surface area (Å²) in [6.07, 6.45) is 0. The Kier molecular flexibility index (Phi) is 5.01. The van der Waals surface area contributed by atoms with E-state index in [-0.39, 0.29) is 23.0 Å². The molecule has 0 aliphatic rings. The maximum Gasteiger partial charge on any atom is 0.242 e. The largest absolute Gasteiger partial charge is 0.397 e. The Hall–Kier alpha value is -1.60. The second kappa shape index (κ2) is 6.03. The number of sulfonamides is 1. The van der Waals surface area contributed by atoms with Gasteiger partial charge in [0.1, 0.15) is 4.90 Å². The van der Waals surface area contributed by atoms with Crippen LogP contribution in [-0.2, 0) is 14.8 Å². The summed E-state index contributed by atoms with van der Waals surface area (Å²) in [4.78, 5) is 11.8. The molecule has 1 rings (SSSR count). The maximum absolute atomic E-state index is 12.5. The van der Waals surface area contributed by atoms with E-state index >= 15 is 0 Å². The van der Waals surface area contributed by atoms with Crippen LogP contribution in [0.2, 0.25) is 0 Å². The molecule has 0 aliphatic carbocycles. The first kappa shape index (κ1) is 17.5. The van der Waals surface area contributed by atoms with Crippen LogP contribution in [0.1, 0.15) is 25.0 Å². The number of carbonyl (C=O) groups excluding carboxylic acids is 1. The maximum atomic E-state index is 12.5. The van der Waals surface area contributed by atoms with Crippen LogP contribution in [0.4, 0.5) is 5.69 Å². The first-order chi connectivity index (χ1) is 9.53. The fraction of sp³-hybridized carbons (Fsp3) is 0.500. The lowest BCUT2D eigenvalue weighted by atomic mass is 9.93. The molecular formula is C14H23N3O3S. The van der Waals surface area contributed by atoms with Gasteiger partial charge in [-0.05, 0) is 38.8 Å². The van der Waals surface area contributed by atoms with Crippen molar-refractivity contribution >= 4 is 21.6 Å². The molecule has 0 saturated carbocycles. The molecule has 7 heteroatoms. The molecule has 0 radical (unpaired) electrons. The summed E-state index contributed by atoms with van der Waals surface area (Å²) in [5.74, 6) is -0.237. The average molecular weight is 313 g/mol. The summed E-state index contributed by atoms with van der Waals surface area (Å²) in [5, 5.41) is 2.51. The Morgan fingerprint density at radius 3 is 2.29 bits per heavy atom. The third-order valence-electron chi connectivity index (χ3n) is 3.43. The Labute approximate surface area is 126 Å². The van der Waals surface area contributed by atoms with Crippen molar-refractivity contribution in [2.75, 3.05) is 19.3 Å². The van der Waals surface area contributed by atoms with Crippen LogP contribution < -0.4 is 15.8 Å². The van der Waals surface area contributed by atoms with E-state index in [1.54, 1.807) is 39.8 Å². The summed E-state index contributed by atoms with van der Waals surface area (Å²) >= 11 is 0. The van der Waals surface area contributed by atoms with Gasteiger partial charge < -0.3 is 11.1 Å². The molecule has 0 bridgehead atoms. The molecular weight excluding hydrogens is 290 g/mol. The number of anilines is 1. The fourth-order valence-electron chi connectivity index (χ4n) is 1.93. The first-order valence-electron chi connectivity index (χ1n) is 6.60. The number of nitrogen functional groups attached to an aromatic ring is 1. The standard InChI is InChI=1S/C14H23N3O3S/c1-9-6-7-10(2)12(11(9)15)21(19,20)17-8-14(3,4)13(18)16-5/h6-7,17H,8,15H2,1-5H3,(H,16,18). The van der Waals surface area contributed by atoms with Gasteiger partial charge in [-0.1, -0.05) is 12.1 Å². The van der Waals surface area contributed by atoms with Crippen molar-refractivity contribution in [3.05, 3.63) is 23.3 Å². The first-order valence-corrected chi connectivity index (χ1v) is 8.09. The minimum absolute atomic E-state index is 0.0121. The van der Waals surface area contributed by atoms with Gasteiger partial charge in [-0.3, -0.25) is 4.79 Å². The predicted octanol–water partition coefficient (Wildman–Crippen LogP) is 0.936. The zero-order valence-electron chi connectivity index (χ0n) is 13.1. The molecule has 1 aromatic rings. The van der Waals surface area contributed by atoms with Crippen molar-refractivity contribution in [3.8, 4) is 0 Å². The lowest BCUT2D eigenvalue weighted by Crippen LogP contribution is -2.43. The van der Waals surface area contributed by atoms with Crippen LogP contribution in [0.3, 0.4) is 0 Å². The number of hydrogen-bond donors (Lipinski definition) is 3. The topological polar surface area (TPSA) is 101 Å². The highest BCUT2D eigenvalue weighted by Crippen LogP contribution is 2.26. The molecule has 1 amide bonds. The minimum atomic E-state index is -3.77. The molecule has 1 aromatic carbocycles. The molecule has 6 nitrogen and oxygen atoms in total. The Balaban J connectivity index is 3.10. The van der Waals surface area contributed by atoms with E-state index in [1.807, 2.05) is 0 Å². The molecule has 0 atom stereocenters. The van der Waals surface area contributed by atoms with E-state index in [4.69, 9.17) is 5.73 Å².